The summed E-state index contributed by atoms with van der Waals surface area (Å²) in [6, 6.07) is 3.56. The lowest BCUT2D eigenvalue weighted by Gasteiger charge is -1.93. The van der Waals surface area contributed by atoms with Gasteiger partial charge >= 0.3 is 6.09 Å². The monoisotopic (exact) mass is 179 g/mol. The molecule has 0 bridgehead atoms. The van der Waals surface area contributed by atoms with Crippen LogP contribution in [0.25, 0.3) is 0 Å². The fraction of sp³-hybridized carbons (Fsp3) is 0.125. The van der Waals surface area contributed by atoms with Crippen molar-refractivity contribution in [2.24, 2.45) is 5.16 Å². The van der Waals surface area contributed by atoms with Crippen LogP contribution in [0.1, 0.15) is 5.56 Å². The molecule has 0 saturated carbocycles. The molecule has 0 saturated heterocycles. The molecule has 0 atom stereocenters. The van der Waals surface area contributed by atoms with Gasteiger partial charge in [0.2, 0.25) is 0 Å². The first-order chi connectivity index (χ1) is 6.33. The molecule has 68 valence electrons. The number of pyridine rings is 1. The Kier molecular flexibility index (Phi) is 3.44. The summed E-state index contributed by atoms with van der Waals surface area (Å²) >= 11 is 0. The highest BCUT2D eigenvalue weighted by atomic mass is 16.7. The van der Waals surface area contributed by atoms with E-state index in [2.05, 4.69) is 20.3 Å². The van der Waals surface area contributed by atoms with E-state index in [1.165, 1.54) is 13.3 Å². The first-order valence-corrected chi connectivity index (χ1v) is 3.65. The van der Waals surface area contributed by atoms with Gasteiger partial charge in [-0.05, 0) is 6.07 Å². The van der Waals surface area contributed by atoms with Crippen LogP contribution >= 0.6 is 0 Å². The molecule has 0 spiro atoms. The summed E-state index contributed by atoms with van der Waals surface area (Å²) in [6.45, 7) is 0. The molecular weight excluding hydrogens is 170 g/mol. The van der Waals surface area contributed by atoms with E-state index in [-0.39, 0.29) is 0 Å². The van der Waals surface area contributed by atoms with Crippen LogP contribution in [-0.4, -0.2) is 24.3 Å². The van der Waals surface area contributed by atoms with Crippen molar-refractivity contribution < 1.29 is 9.63 Å². The molecule has 0 aliphatic carbocycles. The van der Waals surface area contributed by atoms with Gasteiger partial charge in [0.15, 0.2) is 0 Å². The number of hydrogen-bond acceptors (Lipinski definition) is 4. The Bertz CT molecular complexity index is 298. The van der Waals surface area contributed by atoms with Crippen LogP contribution in [0.5, 0.6) is 0 Å². The van der Waals surface area contributed by atoms with Crippen molar-refractivity contribution in [3.05, 3.63) is 30.1 Å². The van der Waals surface area contributed by atoms with Crippen LogP contribution in [0.4, 0.5) is 4.79 Å². The molecule has 0 aromatic carbocycles. The summed E-state index contributed by atoms with van der Waals surface area (Å²) in [5.41, 5.74) is 0.770. The third kappa shape index (κ3) is 3.33. The minimum atomic E-state index is -0.597. The molecule has 0 fully saturated rings. The number of carbonyl (C=O) groups is 1. The topological polar surface area (TPSA) is 63.6 Å². The second kappa shape index (κ2) is 4.87. The third-order valence-corrected chi connectivity index (χ3v) is 1.23. The Hall–Kier alpha value is -1.91. The zero-order valence-corrected chi connectivity index (χ0v) is 7.10. The number of amides is 1. The summed E-state index contributed by atoms with van der Waals surface area (Å²) in [7, 11) is 1.46. The molecule has 0 aliphatic heterocycles. The summed E-state index contributed by atoms with van der Waals surface area (Å²) < 4.78 is 0. The lowest BCUT2D eigenvalue weighted by molar-refractivity contribution is 0.154. The van der Waals surface area contributed by atoms with E-state index < -0.39 is 6.09 Å². The van der Waals surface area contributed by atoms with E-state index in [9.17, 15) is 4.79 Å². The van der Waals surface area contributed by atoms with Gasteiger partial charge in [0, 0.05) is 25.0 Å². The van der Waals surface area contributed by atoms with E-state index in [1.54, 1.807) is 24.5 Å². The maximum Gasteiger partial charge on any atom is 0.433 e. The second-order valence-electron chi connectivity index (χ2n) is 2.15. The minimum absolute atomic E-state index is 0.597. The average molecular weight is 179 g/mol. The highest BCUT2D eigenvalue weighted by molar-refractivity contribution is 5.79. The molecule has 1 heterocycles. The molecule has 5 heteroatoms. The smallest absolute Gasteiger partial charge is 0.323 e. The number of rotatable bonds is 2. The van der Waals surface area contributed by atoms with Crippen LogP contribution < -0.4 is 5.32 Å². The lowest BCUT2D eigenvalue weighted by Crippen LogP contribution is -2.16. The van der Waals surface area contributed by atoms with Crippen molar-refractivity contribution >= 4 is 12.3 Å². The van der Waals surface area contributed by atoms with Crippen LogP contribution in [0, 0.1) is 0 Å². The van der Waals surface area contributed by atoms with Gasteiger partial charge in [0.1, 0.15) is 0 Å². The SMILES string of the molecule is CNC(=O)O/N=C\c1cccnc1. The van der Waals surface area contributed by atoms with Gasteiger partial charge in [0.05, 0.1) is 6.21 Å². The summed E-state index contributed by atoms with van der Waals surface area (Å²) in [4.78, 5) is 18.8. The fourth-order valence-electron chi connectivity index (χ4n) is 0.633. The number of aromatic nitrogens is 1. The minimum Gasteiger partial charge on any atom is -0.323 e. The molecule has 13 heavy (non-hydrogen) atoms. The number of carbonyl (C=O) groups excluding carboxylic acids is 1. The normalized spacial score (nSPS) is 9.92. The fourth-order valence-corrected chi connectivity index (χ4v) is 0.633. The molecule has 1 aromatic heterocycles. The Morgan fingerprint density at radius 3 is 3.23 bits per heavy atom. The van der Waals surface area contributed by atoms with Gasteiger partial charge in [-0.15, -0.1) is 0 Å². The predicted molar refractivity (Wildman–Crippen MR) is 47.4 cm³/mol. The van der Waals surface area contributed by atoms with Gasteiger partial charge < -0.3 is 5.32 Å². The van der Waals surface area contributed by atoms with Crippen LogP contribution in [0.3, 0.4) is 0 Å². The molecule has 0 radical (unpaired) electrons. The zero-order valence-electron chi connectivity index (χ0n) is 7.10. The molecule has 1 amide bonds. The maximum atomic E-state index is 10.5. The Morgan fingerprint density at radius 1 is 1.77 bits per heavy atom. The van der Waals surface area contributed by atoms with Crippen molar-refractivity contribution in [3.63, 3.8) is 0 Å². The maximum absolute atomic E-state index is 10.5. The lowest BCUT2D eigenvalue weighted by atomic mass is 10.3. The van der Waals surface area contributed by atoms with Gasteiger partial charge in [-0.1, -0.05) is 11.2 Å². The van der Waals surface area contributed by atoms with Crippen LogP contribution in [0.15, 0.2) is 29.7 Å². The summed E-state index contributed by atoms with van der Waals surface area (Å²) in [6.07, 6.45) is 4.07. The first-order valence-electron chi connectivity index (χ1n) is 3.65. The predicted octanol–water partition coefficient (Wildman–Crippen LogP) is 0.772. The number of oxime groups is 1. The van der Waals surface area contributed by atoms with Crippen molar-refractivity contribution in [2.75, 3.05) is 7.05 Å². The van der Waals surface area contributed by atoms with Crippen molar-refractivity contribution in [2.45, 2.75) is 0 Å². The molecule has 0 aliphatic rings. The highest BCUT2D eigenvalue weighted by Gasteiger charge is 1.92. The average Bonchev–Trinajstić information content (AvgIpc) is 2.19. The van der Waals surface area contributed by atoms with Crippen LogP contribution in [-0.2, 0) is 4.84 Å². The Labute approximate surface area is 75.4 Å². The summed E-state index contributed by atoms with van der Waals surface area (Å²) in [5.74, 6) is 0. The number of nitrogens with zero attached hydrogens (tertiary/aromatic N) is 2. The van der Waals surface area contributed by atoms with E-state index in [0.29, 0.717) is 0 Å². The van der Waals surface area contributed by atoms with Gasteiger partial charge in [0.25, 0.3) is 0 Å². The van der Waals surface area contributed by atoms with Crippen molar-refractivity contribution in [3.8, 4) is 0 Å². The third-order valence-electron chi connectivity index (χ3n) is 1.23. The van der Waals surface area contributed by atoms with E-state index in [4.69, 9.17) is 0 Å². The largest absolute Gasteiger partial charge is 0.433 e. The van der Waals surface area contributed by atoms with Crippen LogP contribution in [0.2, 0.25) is 0 Å². The summed E-state index contributed by atoms with van der Waals surface area (Å²) in [5, 5.41) is 5.70. The quantitative estimate of drug-likeness (QED) is 0.414. The zero-order chi connectivity index (χ0) is 9.52. The molecule has 1 aromatic rings. The highest BCUT2D eigenvalue weighted by Crippen LogP contribution is 1.90. The van der Waals surface area contributed by atoms with Crippen molar-refractivity contribution in [1.29, 1.82) is 0 Å². The standard InChI is InChI=1S/C8H9N3O2/c1-9-8(12)13-11-6-7-3-2-4-10-5-7/h2-6H,1H3,(H,9,12)/b11-6-. The number of hydrogen-bond donors (Lipinski definition) is 1. The molecule has 0 unspecified atom stereocenters. The molecule has 5 nitrogen and oxygen atoms in total. The Morgan fingerprint density at radius 2 is 2.62 bits per heavy atom. The Balaban J connectivity index is 2.45. The molecule has 1 N–H and O–H groups in total. The van der Waals surface area contributed by atoms with Gasteiger partial charge in [-0.2, -0.15) is 0 Å². The van der Waals surface area contributed by atoms with Crippen molar-refractivity contribution in [1.82, 2.24) is 10.3 Å². The van der Waals surface area contributed by atoms with Gasteiger partial charge in [-0.3, -0.25) is 9.82 Å². The van der Waals surface area contributed by atoms with E-state index >= 15 is 0 Å². The van der Waals surface area contributed by atoms with E-state index in [0.717, 1.165) is 5.56 Å². The first kappa shape index (κ1) is 9.18. The molecular formula is C8H9N3O2. The second-order valence-corrected chi connectivity index (χ2v) is 2.15. The van der Waals surface area contributed by atoms with E-state index in [1.807, 2.05) is 0 Å². The van der Waals surface area contributed by atoms with Gasteiger partial charge in [-0.25, -0.2) is 4.79 Å². The number of nitrogens with one attached hydrogen (secondary N) is 1. The molecule has 1 rings (SSSR count).